The summed E-state index contributed by atoms with van der Waals surface area (Å²) >= 11 is 0. The predicted octanol–water partition coefficient (Wildman–Crippen LogP) is 0.288. The van der Waals surface area contributed by atoms with Crippen molar-refractivity contribution in [3.05, 3.63) is 41.8 Å². The molecule has 0 fully saturated rings. The predicted molar refractivity (Wildman–Crippen MR) is 146 cm³/mol. The first kappa shape index (κ1) is 30.9. The van der Waals surface area contributed by atoms with Crippen molar-refractivity contribution in [2.75, 3.05) is 49.6 Å². The molecule has 218 valence electrons. The SMILES string of the molecule is C[N+](CCC(=O)NCC(=O)O)=c1ccc2nc3ccc(N(CCCS(=O)(=O)O)CCCS(=O)(=O)O)cc3oc-2c1. The van der Waals surface area contributed by atoms with Crippen molar-refractivity contribution < 1.29 is 45.1 Å². The second-order valence-electron chi connectivity index (χ2n) is 9.13. The van der Waals surface area contributed by atoms with E-state index in [-0.39, 0.29) is 32.4 Å². The molecule has 1 aliphatic carbocycles. The lowest BCUT2D eigenvalue weighted by molar-refractivity contribution is -0.137. The molecule has 1 amide bonds. The number of nitrogens with zero attached hydrogens (tertiary/aromatic N) is 3. The standard InChI is InChI=1S/C24H30N4O10S2/c1-27(11-8-23(29)25-16-24(30)31)17-4-6-19-21(14-17)38-22-15-18(5-7-20(22)26-19)28(9-2-12-39(32,33)34)10-3-13-40(35,36)37/h4-7,14-15H,2-3,8-13,16H2,1H3,(H3-,25,29,30,31,32,33,34,35,36,37)/p+1. The Balaban J connectivity index is 1.87. The molecule has 40 heavy (non-hydrogen) atoms. The average molecular weight is 600 g/mol. The highest BCUT2D eigenvalue weighted by atomic mass is 32.2. The molecule has 0 saturated carbocycles. The zero-order valence-corrected chi connectivity index (χ0v) is 23.3. The highest BCUT2D eigenvalue weighted by Gasteiger charge is 2.16. The lowest BCUT2D eigenvalue weighted by Crippen LogP contribution is -2.34. The van der Waals surface area contributed by atoms with Crippen LogP contribution in [-0.2, 0) is 29.8 Å². The first-order valence-electron chi connectivity index (χ1n) is 12.2. The first-order chi connectivity index (χ1) is 18.7. The van der Waals surface area contributed by atoms with Crippen LogP contribution >= 0.6 is 0 Å². The van der Waals surface area contributed by atoms with Crippen LogP contribution in [0.1, 0.15) is 19.3 Å². The van der Waals surface area contributed by atoms with Gasteiger partial charge in [0.15, 0.2) is 17.9 Å². The third-order valence-electron chi connectivity index (χ3n) is 5.93. The van der Waals surface area contributed by atoms with Crippen LogP contribution in [0.2, 0.25) is 0 Å². The molecule has 0 saturated heterocycles. The van der Waals surface area contributed by atoms with E-state index in [1.54, 1.807) is 42.3 Å². The fraction of sp³-hybridized carbons (Fsp3) is 0.417. The maximum atomic E-state index is 11.8. The molecule has 1 aliphatic heterocycles. The number of fused-ring (bicyclic) bond motifs is 2. The summed E-state index contributed by atoms with van der Waals surface area (Å²) in [6.07, 6.45) is 0.253. The largest absolute Gasteiger partial charge is 0.480 e. The molecule has 0 aromatic heterocycles. The highest BCUT2D eigenvalue weighted by Crippen LogP contribution is 2.27. The van der Waals surface area contributed by atoms with Gasteiger partial charge in [-0.15, -0.1) is 0 Å². The number of carbonyl (C=O) groups excluding carboxylic acids is 1. The number of anilines is 1. The molecule has 0 atom stereocenters. The molecule has 4 N–H and O–H groups in total. The van der Waals surface area contributed by atoms with Crippen molar-refractivity contribution in [2.45, 2.75) is 19.3 Å². The Bertz CT molecular complexity index is 1600. The number of hydrogen-bond acceptors (Lipinski definition) is 9. The van der Waals surface area contributed by atoms with Crippen LogP contribution in [0.3, 0.4) is 0 Å². The van der Waals surface area contributed by atoms with E-state index in [4.69, 9.17) is 18.6 Å². The summed E-state index contributed by atoms with van der Waals surface area (Å²) in [5, 5.41) is 11.7. The summed E-state index contributed by atoms with van der Waals surface area (Å²) in [4.78, 5) is 28.8. The zero-order valence-electron chi connectivity index (χ0n) is 21.7. The number of carboxylic acids is 1. The van der Waals surface area contributed by atoms with Gasteiger partial charge >= 0.3 is 5.97 Å². The molecule has 0 unspecified atom stereocenters. The molecule has 0 bridgehead atoms. The van der Waals surface area contributed by atoms with E-state index >= 15 is 0 Å². The van der Waals surface area contributed by atoms with Crippen molar-refractivity contribution >= 4 is 48.9 Å². The molecule has 16 heteroatoms. The van der Waals surface area contributed by atoms with E-state index in [1.807, 2.05) is 10.6 Å². The van der Waals surface area contributed by atoms with Gasteiger partial charge in [-0.25, -0.2) is 9.56 Å². The fourth-order valence-electron chi connectivity index (χ4n) is 3.94. The minimum absolute atomic E-state index is 0.0832. The number of hydrogen-bond donors (Lipinski definition) is 4. The normalized spacial score (nSPS) is 12.9. The Kier molecular flexibility index (Phi) is 10.2. The van der Waals surface area contributed by atoms with Gasteiger partial charge in [0.1, 0.15) is 24.8 Å². The topological polar surface area (TPSA) is 207 Å². The number of nitrogens with one attached hydrogen (secondary N) is 1. The van der Waals surface area contributed by atoms with Gasteiger partial charge in [-0.05, 0) is 31.0 Å². The quantitative estimate of drug-likeness (QED) is 0.112. The smallest absolute Gasteiger partial charge is 0.322 e. The van der Waals surface area contributed by atoms with Crippen molar-refractivity contribution in [1.82, 2.24) is 14.9 Å². The summed E-state index contributed by atoms with van der Waals surface area (Å²) < 4.78 is 70.7. The molecule has 3 rings (SSSR count). The summed E-state index contributed by atoms with van der Waals surface area (Å²) in [5.41, 5.74) is 2.13. The number of carboxylic acid groups (broad SMARTS) is 1. The van der Waals surface area contributed by atoms with Gasteiger partial charge < -0.3 is 19.7 Å². The van der Waals surface area contributed by atoms with Gasteiger partial charge in [-0.1, -0.05) is 0 Å². The summed E-state index contributed by atoms with van der Waals surface area (Å²) in [6, 6.07) is 10.5. The van der Waals surface area contributed by atoms with Crippen LogP contribution in [0.4, 0.5) is 5.69 Å². The Hall–Kier alpha value is -3.60. The first-order valence-corrected chi connectivity index (χ1v) is 15.4. The molecule has 0 spiro atoms. The Morgan fingerprint density at radius 1 is 1.00 bits per heavy atom. The highest BCUT2D eigenvalue weighted by molar-refractivity contribution is 7.86. The fourth-order valence-corrected chi connectivity index (χ4v) is 4.93. The molecule has 2 aliphatic rings. The van der Waals surface area contributed by atoms with Gasteiger partial charge in [0.2, 0.25) is 11.3 Å². The van der Waals surface area contributed by atoms with Gasteiger partial charge in [-0.2, -0.15) is 16.8 Å². The van der Waals surface area contributed by atoms with Crippen molar-refractivity contribution in [1.29, 1.82) is 0 Å². The molecule has 1 heterocycles. The van der Waals surface area contributed by atoms with Gasteiger partial charge in [-0.3, -0.25) is 18.7 Å². The molecular formula is C24H31N4O10S2+. The van der Waals surface area contributed by atoms with E-state index < -0.39 is 50.2 Å². The van der Waals surface area contributed by atoms with Gasteiger partial charge in [0.25, 0.3) is 20.2 Å². The van der Waals surface area contributed by atoms with Crippen molar-refractivity contribution in [3.63, 3.8) is 0 Å². The monoisotopic (exact) mass is 599 g/mol. The summed E-state index contributed by atoms with van der Waals surface area (Å²) in [6.45, 7) is 0.250. The number of rotatable bonds is 14. The number of aromatic nitrogens is 1. The molecule has 1 aromatic rings. The number of benzene rings is 2. The third kappa shape index (κ3) is 9.86. The maximum absolute atomic E-state index is 11.8. The molecule has 0 radical (unpaired) electrons. The Morgan fingerprint density at radius 3 is 2.25 bits per heavy atom. The lowest BCUT2D eigenvalue weighted by Gasteiger charge is -2.25. The molecule has 1 aromatic carbocycles. The van der Waals surface area contributed by atoms with Crippen LogP contribution in [0.25, 0.3) is 22.6 Å². The summed E-state index contributed by atoms with van der Waals surface area (Å²) in [5.74, 6) is -2.00. The molecule has 14 nitrogen and oxygen atoms in total. The lowest BCUT2D eigenvalue weighted by atomic mass is 10.2. The van der Waals surface area contributed by atoms with E-state index in [0.717, 1.165) is 5.36 Å². The van der Waals surface area contributed by atoms with Crippen molar-refractivity contribution in [3.8, 4) is 11.5 Å². The van der Waals surface area contributed by atoms with E-state index in [0.29, 0.717) is 34.8 Å². The van der Waals surface area contributed by atoms with Crippen LogP contribution in [0.5, 0.6) is 0 Å². The number of amides is 1. The van der Waals surface area contributed by atoms with Gasteiger partial charge in [0, 0.05) is 30.9 Å². The van der Waals surface area contributed by atoms with E-state index in [9.17, 15) is 26.4 Å². The van der Waals surface area contributed by atoms with Crippen LogP contribution in [0, 0.1) is 0 Å². The van der Waals surface area contributed by atoms with Crippen LogP contribution < -0.4 is 20.1 Å². The Morgan fingerprint density at radius 2 is 1.65 bits per heavy atom. The van der Waals surface area contributed by atoms with Gasteiger partial charge in [0.05, 0.1) is 24.0 Å². The second-order valence-corrected chi connectivity index (χ2v) is 12.3. The Labute approximate surface area is 230 Å². The van der Waals surface area contributed by atoms with Crippen LogP contribution in [-0.4, -0.2) is 92.6 Å². The third-order valence-corrected chi connectivity index (χ3v) is 7.53. The average Bonchev–Trinajstić information content (AvgIpc) is 2.86. The van der Waals surface area contributed by atoms with Crippen LogP contribution in [0.15, 0.2) is 40.8 Å². The van der Waals surface area contributed by atoms with E-state index in [2.05, 4.69) is 10.3 Å². The second kappa shape index (κ2) is 13.2. The molecular weight excluding hydrogens is 568 g/mol. The minimum atomic E-state index is -4.17. The maximum Gasteiger partial charge on any atom is 0.322 e. The minimum Gasteiger partial charge on any atom is -0.480 e. The number of aliphatic carboxylic acids is 1. The van der Waals surface area contributed by atoms with Crippen molar-refractivity contribution in [2.24, 2.45) is 0 Å². The zero-order chi connectivity index (χ0) is 29.5. The summed E-state index contributed by atoms with van der Waals surface area (Å²) in [7, 11) is -6.57. The number of carbonyl (C=O) groups is 2. The van der Waals surface area contributed by atoms with E-state index in [1.165, 1.54) is 0 Å².